The monoisotopic (exact) mass is 427 g/mol. The summed E-state index contributed by atoms with van der Waals surface area (Å²) in [5.41, 5.74) is 5.63. The van der Waals surface area contributed by atoms with E-state index in [1.54, 1.807) is 0 Å². The Morgan fingerprint density at radius 3 is 2.30 bits per heavy atom. The van der Waals surface area contributed by atoms with Crippen molar-refractivity contribution in [3.63, 3.8) is 0 Å². The molecule has 2 aromatic heterocycles. The molecule has 20 heavy (non-hydrogen) atoms. The molecule has 0 aliphatic carbocycles. The number of nitrogens with zero attached hydrogens (tertiary/aromatic N) is 11. The molecule has 0 aromatic carbocycles. The third kappa shape index (κ3) is 5.16. The van der Waals surface area contributed by atoms with Gasteiger partial charge in [0.2, 0.25) is 0 Å². The average molecular weight is 428 g/mol. The molecule has 18 heteroatoms. The van der Waals surface area contributed by atoms with E-state index in [2.05, 4.69) is 36.9 Å². The molecule has 2 heterocycles. The van der Waals surface area contributed by atoms with Gasteiger partial charge in [0.25, 0.3) is 0 Å². The number of aromatic nitrogens is 8. The Balaban J connectivity index is 0.00000180. The van der Waals surface area contributed by atoms with E-state index in [0.717, 1.165) is 0 Å². The van der Waals surface area contributed by atoms with Crippen LogP contribution in [0.15, 0.2) is 0 Å². The summed E-state index contributed by atoms with van der Waals surface area (Å²) in [5, 5.41) is 36.6. The van der Waals surface area contributed by atoms with Crippen molar-refractivity contribution in [2.75, 3.05) is 0 Å². The maximum Gasteiger partial charge on any atom is 1.00 e. The van der Waals surface area contributed by atoms with Crippen LogP contribution in [0.3, 0.4) is 0 Å². The summed E-state index contributed by atoms with van der Waals surface area (Å²) in [6.07, 6.45) is 0. The van der Waals surface area contributed by atoms with E-state index in [9.17, 15) is 20.2 Å². The maximum atomic E-state index is 10.2. The van der Waals surface area contributed by atoms with E-state index < -0.39 is 10.1 Å². The molecule has 1 N–H and O–H groups in total. The standard InChI is InChI=1S/C2N12O4.2Rb/c15-13(16)9-11-1(3-5-7-11)2-4-6-8-12(2)10-14(17)18;;/q-2;2*+1/p+1. The molecule has 94 valence electrons. The molecule has 2 aromatic rings. The molecule has 0 fully saturated rings. The van der Waals surface area contributed by atoms with Gasteiger partial charge in [-0.05, 0) is 10.2 Å². The quantitative estimate of drug-likeness (QED) is 0.327. The zero-order chi connectivity index (χ0) is 13.1. The normalized spacial score (nSPS) is 9.00. The fourth-order valence-corrected chi connectivity index (χ4v) is 0.923. The molecule has 0 saturated carbocycles. The van der Waals surface area contributed by atoms with Gasteiger partial charge in [-0.25, -0.2) is 0 Å². The Bertz CT molecular complexity index is 540. The molecule has 0 spiro atoms. The third-order valence-electron chi connectivity index (χ3n) is 1.46. The van der Waals surface area contributed by atoms with Gasteiger partial charge in [0.05, 0.1) is 5.03 Å². The fourth-order valence-electron chi connectivity index (χ4n) is 0.923. The van der Waals surface area contributed by atoms with Crippen molar-refractivity contribution in [3.8, 4) is 11.6 Å². The molecular weight excluding hydrogens is 427 g/mol. The van der Waals surface area contributed by atoms with Gasteiger partial charge in [-0.15, -0.1) is 10.0 Å². The third-order valence-corrected chi connectivity index (χ3v) is 1.46. The van der Waals surface area contributed by atoms with E-state index in [4.69, 9.17) is 0 Å². The predicted molar refractivity (Wildman–Crippen MR) is 44.9 cm³/mol. The first-order valence-electron chi connectivity index (χ1n) is 3.92. The van der Waals surface area contributed by atoms with Crippen molar-refractivity contribution >= 4 is 0 Å². The number of nitro groups is 2. The Kier molecular flexibility index (Phi) is 9.29. The molecule has 0 amide bonds. The van der Waals surface area contributed by atoms with Gasteiger partial charge in [0, 0.05) is 4.79 Å². The van der Waals surface area contributed by atoms with Gasteiger partial charge in [-0.2, -0.15) is 5.21 Å². The first-order chi connectivity index (χ1) is 8.58. The molecule has 2 rings (SSSR count). The number of nitrogens with one attached hydrogen (secondary N) is 1. The van der Waals surface area contributed by atoms with Crippen LogP contribution in [0.25, 0.3) is 22.7 Å². The second kappa shape index (κ2) is 9.23. The molecule has 0 saturated heterocycles. The second-order valence-electron chi connectivity index (χ2n) is 2.48. The zero-order valence-electron chi connectivity index (χ0n) is 10.1. The Morgan fingerprint density at radius 1 is 1.05 bits per heavy atom. The van der Waals surface area contributed by atoms with Gasteiger partial charge in [0.1, 0.15) is 0 Å². The van der Waals surface area contributed by atoms with E-state index in [0.29, 0.717) is 9.58 Å². The zero-order valence-corrected chi connectivity index (χ0v) is 19.9. The molecule has 16 nitrogen and oxygen atoms in total. The minimum atomic E-state index is -1.06. The minimum Gasteiger partial charge on any atom is -0.355 e. The largest absolute Gasteiger partial charge is 1.00 e. The summed E-state index contributed by atoms with van der Waals surface area (Å²) in [7, 11) is 0. The Labute approximate surface area is 205 Å². The maximum absolute atomic E-state index is 10.2. The molecule has 0 aliphatic rings. The van der Waals surface area contributed by atoms with E-state index in [1.807, 2.05) is 5.21 Å². The first kappa shape index (κ1) is 20.2. The van der Waals surface area contributed by atoms with Gasteiger partial charge < -0.3 is 20.2 Å². The summed E-state index contributed by atoms with van der Waals surface area (Å²) in [5.74, 6) is -0.687. The van der Waals surface area contributed by atoms with Crippen LogP contribution in [0, 0.1) is 20.2 Å². The summed E-state index contributed by atoms with van der Waals surface area (Å²) in [6, 6.07) is 0. The van der Waals surface area contributed by atoms with Gasteiger partial charge in [-0.1, -0.05) is 20.9 Å². The number of H-pyrrole nitrogens is 1. The van der Waals surface area contributed by atoms with E-state index >= 15 is 0 Å². The summed E-state index contributed by atoms with van der Waals surface area (Å²) < 4.78 is 0. The topological polar surface area (TPSA) is 203 Å². The molecule has 0 aliphatic heterocycles. The van der Waals surface area contributed by atoms with Crippen LogP contribution in [0.5, 0.6) is 0 Å². The molecule has 0 atom stereocenters. The number of tetrazole rings is 2. The van der Waals surface area contributed by atoms with E-state index in [1.165, 1.54) is 0 Å². The smallest absolute Gasteiger partial charge is 0.355 e. The van der Waals surface area contributed by atoms with Crippen LogP contribution in [-0.4, -0.2) is 45.5 Å². The van der Waals surface area contributed by atoms with Crippen LogP contribution in [0.1, 0.15) is 0 Å². The van der Waals surface area contributed by atoms with Crippen LogP contribution in [0.2, 0.25) is 0 Å². The molecule has 0 unspecified atom stereocenters. The van der Waals surface area contributed by atoms with E-state index in [-0.39, 0.29) is 128 Å². The van der Waals surface area contributed by atoms with Crippen molar-refractivity contribution in [1.82, 2.24) is 35.4 Å². The van der Waals surface area contributed by atoms with Crippen molar-refractivity contribution in [2.45, 2.75) is 0 Å². The first-order valence-corrected chi connectivity index (χ1v) is 3.92. The van der Waals surface area contributed by atoms with Gasteiger partial charge in [-0.3, -0.25) is 0 Å². The summed E-state index contributed by atoms with van der Waals surface area (Å²) in [4.78, 5) is 21.3. The molecule has 0 bridgehead atoms. The second-order valence-corrected chi connectivity index (χ2v) is 2.48. The van der Waals surface area contributed by atoms with Crippen LogP contribution in [0.4, 0.5) is 0 Å². The number of hydrogen-bond acceptors (Lipinski definition) is 9. The molecular formula is C2HN12O4Rb2+. The fraction of sp³-hybridized carbons (Fsp3) is 0. The molecule has 0 radical (unpaired) electrons. The Hall–Kier alpha value is 0.150. The summed E-state index contributed by atoms with van der Waals surface area (Å²) in [6.45, 7) is 0. The summed E-state index contributed by atoms with van der Waals surface area (Å²) >= 11 is 0. The van der Waals surface area contributed by atoms with Crippen molar-refractivity contribution < 1.29 is 132 Å². The SMILES string of the molecule is O=[N+]([O-])[N-]n1nnnc1-c1nn[nH+]n1[N-][N+](=O)[O-].[Rb+].[Rb+]. The van der Waals surface area contributed by atoms with Crippen molar-refractivity contribution in [3.05, 3.63) is 31.3 Å². The Morgan fingerprint density at radius 2 is 1.70 bits per heavy atom. The predicted octanol–water partition coefficient (Wildman–Crippen LogP) is -8.59. The minimum absolute atomic E-state index is 0. The van der Waals surface area contributed by atoms with Crippen LogP contribution in [-0.2, 0) is 0 Å². The van der Waals surface area contributed by atoms with Crippen molar-refractivity contribution in [2.24, 2.45) is 0 Å². The number of aromatic amines is 1. The number of hydrogen-bond donors (Lipinski definition) is 0. The van der Waals surface area contributed by atoms with Crippen LogP contribution < -0.4 is 122 Å². The number of rotatable bonds is 5. The van der Waals surface area contributed by atoms with Crippen molar-refractivity contribution in [1.29, 1.82) is 0 Å². The van der Waals surface area contributed by atoms with Crippen LogP contribution >= 0.6 is 0 Å². The van der Waals surface area contributed by atoms with Gasteiger partial charge in [0.15, 0.2) is 5.53 Å². The average Bonchev–Trinajstić information content (AvgIpc) is 2.85. The van der Waals surface area contributed by atoms with Gasteiger partial charge >= 0.3 is 128 Å².